The lowest BCUT2D eigenvalue weighted by Crippen LogP contribution is -2.18. The number of nitrogens with two attached hydrogens (primary N) is 1. The maximum atomic E-state index is 13.2. The average molecular weight is 454 g/mol. The van der Waals surface area contributed by atoms with E-state index in [0.29, 0.717) is 37.9 Å². The Labute approximate surface area is 188 Å². The Hall–Kier alpha value is -3.48. The molecule has 0 bridgehead atoms. The van der Waals surface area contributed by atoms with Gasteiger partial charge in [-0.15, -0.1) is 0 Å². The summed E-state index contributed by atoms with van der Waals surface area (Å²) in [6.07, 6.45) is 0. The SMILES string of the molecule is COc1ccc(Cl)cc1NC(=O)c1c(N)n(C(=O)c2ccc(Cl)cc2)c2ccccc12. The molecule has 156 valence electrons. The van der Waals surface area contributed by atoms with Gasteiger partial charge >= 0.3 is 0 Å². The first-order valence-electron chi connectivity index (χ1n) is 9.24. The Balaban J connectivity index is 1.82. The number of benzene rings is 3. The third kappa shape index (κ3) is 3.83. The summed E-state index contributed by atoms with van der Waals surface area (Å²) < 4.78 is 6.61. The number of fused-ring (bicyclic) bond motifs is 1. The van der Waals surface area contributed by atoms with Gasteiger partial charge in [-0.1, -0.05) is 41.4 Å². The maximum absolute atomic E-state index is 13.2. The normalized spacial score (nSPS) is 10.8. The number of halogens is 2. The Kier molecular flexibility index (Phi) is 5.59. The molecule has 31 heavy (non-hydrogen) atoms. The highest BCUT2D eigenvalue weighted by molar-refractivity contribution is 6.31. The summed E-state index contributed by atoms with van der Waals surface area (Å²) in [5, 5.41) is 4.27. The third-order valence-corrected chi connectivity index (χ3v) is 5.33. The lowest BCUT2D eigenvalue weighted by Gasteiger charge is -2.11. The third-order valence-electron chi connectivity index (χ3n) is 4.84. The van der Waals surface area contributed by atoms with Crippen LogP contribution in [0.15, 0.2) is 66.7 Å². The van der Waals surface area contributed by atoms with Crippen LogP contribution in [0.3, 0.4) is 0 Å². The van der Waals surface area contributed by atoms with Gasteiger partial charge < -0.3 is 15.8 Å². The number of para-hydroxylation sites is 1. The minimum absolute atomic E-state index is 0.0274. The van der Waals surface area contributed by atoms with Crippen molar-refractivity contribution in [2.45, 2.75) is 0 Å². The Morgan fingerprint density at radius 3 is 2.35 bits per heavy atom. The highest BCUT2D eigenvalue weighted by Crippen LogP contribution is 2.32. The monoisotopic (exact) mass is 453 g/mol. The quantitative estimate of drug-likeness (QED) is 0.428. The molecule has 0 radical (unpaired) electrons. The smallest absolute Gasteiger partial charge is 0.263 e. The van der Waals surface area contributed by atoms with E-state index >= 15 is 0 Å². The number of methoxy groups -OCH3 is 1. The second-order valence-corrected chi connectivity index (χ2v) is 7.60. The minimum Gasteiger partial charge on any atom is -0.495 e. The van der Waals surface area contributed by atoms with Crippen molar-refractivity contribution in [1.82, 2.24) is 4.57 Å². The van der Waals surface area contributed by atoms with E-state index in [1.165, 1.54) is 11.7 Å². The number of ether oxygens (including phenoxy) is 1. The summed E-state index contributed by atoms with van der Waals surface area (Å²) in [6.45, 7) is 0. The summed E-state index contributed by atoms with van der Waals surface area (Å²) in [6, 6.07) is 18.3. The van der Waals surface area contributed by atoms with Gasteiger partial charge in [0.05, 0.1) is 23.9 Å². The molecular weight excluding hydrogens is 437 g/mol. The van der Waals surface area contributed by atoms with Gasteiger partial charge in [-0.2, -0.15) is 0 Å². The highest BCUT2D eigenvalue weighted by atomic mass is 35.5. The molecule has 1 aromatic heterocycles. The Morgan fingerprint density at radius 2 is 1.65 bits per heavy atom. The molecule has 3 N–H and O–H groups in total. The number of carbonyl (C=O) groups excluding carboxylic acids is 2. The number of nitrogen functional groups attached to an aromatic ring is 1. The second-order valence-electron chi connectivity index (χ2n) is 6.72. The van der Waals surface area contributed by atoms with E-state index in [0.717, 1.165) is 0 Å². The van der Waals surface area contributed by atoms with Crippen molar-refractivity contribution >= 4 is 57.4 Å². The first-order valence-corrected chi connectivity index (χ1v) is 10.0. The van der Waals surface area contributed by atoms with E-state index in [-0.39, 0.29) is 17.3 Å². The van der Waals surface area contributed by atoms with Crippen LogP contribution in [0.2, 0.25) is 10.0 Å². The molecule has 3 aromatic carbocycles. The van der Waals surface area contributed by atoms with Gasteiger partial charge in [-0.05, 0) is 48.5 Å². The molecule has 1 heterocycles. The van der Waals surface area contributed by atoms with E-state index < -0.39 is 5.91 Å². The van der Waals surface area contributed by atoms with Crippen molar-refractivity contribution in [3.05, 3.63) is 87.9 Å². The van der Waals surface area contributed by atoms with Crippen LogP contribution in [0.5, 0.6) is 5.75 Å². The summed E-state index contributed by atoms with van der Waals surface area (Å²) in [4.78, 5) is 26.4. The van der Waals surface area contributed by atoms with Crippen molar-refractivity contribution in [2.24, 2.45) is 0 Å². The predicted molar refractivity (Wildman–Crippen MR) is 123 cm³/mol. The molecule has 0 saturated heterocycles. The van der Waals surface area contributed by atoms with Crippen LogP contribution in [-0.4, -0.2) is 23.5 Å². The number of aromatic nitrogens is 1. The van der Waals surface area contributed by atoms with Crippen LogP contribution in [0.4, 0.5) is 11.5 Å². The standard InChI is InChI=1S/C23H17Cl2N3O3/c1-31-19-11-10-15(25)12-17(19)27-22(29)20-16-4-2-3-5-18(16)28(21(20)26)23(30)13-6-8-14(24)9-7-13/h2-12H,26H2,1H3,(H,27,29). The predicted octanol–water partition coefficient (Wildman–Crippen LogP) is 5.48. The topological polar surface area (TPSA) is 86.3 Å². The molecule has 0 atom stereocenters. The molecule has 4 aromatic rings. The van der Waals surface area contributed by atoms with Gasteiger partial charge in [0.2, 0.25) is 0 Å². The van der Waals surface area contributed by atoms with E-state index in [4.69, 9.17) is 33.7 Å². The molecule has 0 spiro atoms. The Morgan fingerprint density at radius 1 is 0.968 bits per heavy atom. The first-order chi connectivity index (χ1) is 14.9. The van der Waals surface area contributed by atoms with Crippen LogP contribution in [0.1, 0.15) is 20.7 Å². The van der Waals surface area contributed by atoms with Gasteiger partial charge in [-0.3, -0.25) is 14.2 Å². The molecule has 4 rings (SSSR count). The second kappa shape index (κ2) is 8.34. The molecule has 6 nitrogen and oxygen atoms in total. The lowest BCUT2D eigenvalue weighted by atomic mass is 10.1. The molecule has 0 aliphatic heterocycles. The zero-order chi connectivity index (χ0) is 22.1. The Bertz CT molecular complexity index is 1310. The van der Waals surface area contributed by atoms with Crippen molar-refractivity contribution < 1.29 is 14.3 Å². The molecule has 0 aliphatic carbocycles. The highest BCUT2D eigenvalue weighted by Gasteiger charge is 2.25. The van der Waals surface area contributed by atoms with Crippen LogP contribution in [0.25, 0.3) is 10.9 Å². The molecule has 8 heteroatoms. The molecule has 0 saturated carbocycles. The average Bonchev–Trinajstić information content (AvgIpc) is 3.05. The fourth-order valence-electron chi connectivity index (χ4n) is 3.40. The van der Waals surface area contributed by atoms with Crippen molar-refractivity contribution in [1.29, 1.82) is 0 Å². The summed E-state index contributed by atoms with van der Waals surface area (Å²) in [5.41, 5.74) is 7.81. The van der Waals surface area contributed by atoms with Gasteiger partial charge in [0.1, 0.15) is 11.6 Å². The fraction of sp³-hybridized carbons (Fsp3) is 0.0435. The van der Waals surface area contributed by atoms with Gasteiger partial charge in [0, 0.05) is 21.0 Å². The summed E-state index contributed by atoms with van der Waals surface area (Å²) in [7, 11) is 1.49. The van der Waals surface area contributed by atoms with E-state index in [9.17, 15) is 9.59 Å². The van der Waals surface area contributed by atoms with E-state index in [1.807, 2.05) is 0 Å². The molecule has 0 fully saturated rings. The molecule has 1 amide bonds. The number of carbonyl (C=O) groups is 2. The number of hydrogen-bond donors (Lipinski definition) is 2. The van der Waals surface area contributed by atoms with Crippen LogP contribution >= 0.6 is 23.2 Å². The number of nitrogens with one attached hydrogen (secondary N) is 1. The maximum Gasteiger partial charge on any atom is 0.263 e. The first kappa shape index (κ1) is 20.8. The number of amides is 1. The van der Waals surface area contributed by atoms with Crippen molar-refractivity contribution in [2.75, 3.05) is 18.2 Å². The van der Waals surface area contributed by atoms with Gasteiger partial charge in [0.15, 0.2) is 0 Å². The fourth-order valence-corrected chi connectivity index (χ4v) is 3.70. The zero-order valence-electron chi connectivity index (χ0n) is 16.4. The van der Waals surface area contributed by atoms with Crippen LogP contribution < -0.4 is 15.8 Å². The zero-order valence-corrected chi connectivity index (χ0v) is 17.9. The number of rotatable bonds is 4. The van der Waals surface area contributed by atoms with Gasteiger partial charge in [0.25, 0.3) is 11.8 Å². The molecule has 0 unspecified atom stereocenters. The lowest BCUT2D eigenvalue weighted by molar-refractivity contribution is 0.0967. The number of anilines is 2. The largest absolute Gasteiger partial charge is 0.495 e. The van der Waals surface area contributed by atoms with E-state index in [1.54, 1.807) is 66.7 Å². The van der Waals surface area contributed by atoms with E-state index in [2.05, 4.69) is 5.32 Å². The summed E-state index contributed by atoms with van der Waals surface area (Å²) >= 11 is 12.0. The molecule has 0 aliphatic rings. The number of hydrogen-bond acceptors (Lipinski definition) is 4. The van der Waals surface area contributed by atoms with Crippen molar-refractivity contribution in [3.63, 3.8) is 0 Å². The van der Waals surface area contributed by atoms with Gasteiger partial charge in [-0.25, -0.2) is 0 Å². The van der Waals surface area contributed by atoms with Crippen LogP contribution in [0, 0.1) is 0 Å². The van der Waals surface area contributed by atoms with Crippen molar-refractivity contribution in [3.8, 4) is 5.75 Å². The van der Waals surface area contributed by atoms with Crippen LogP contribution in [-0.2, 0) is 0 Å². The molecular formula is C23H17Cl2N3O3. The number of nitrogens with zero attached hydrogens (tertiary/aromatic N) is 1. The minimum atomic E-state index is -0.489. The summed E-state index contributed by atoms with van der Waals surface area (Å²) in [5.74, 6) is -0.390.